The van der Waals surface area contributed by atoms with E-state index >= 15 is 0 Å². The maximum atomic E-state index is 11.4. The Hall–Kier alpha value is -1.91. The molecule has 1 atom stereocenters. The molecule has 0 bridgehead atoms. The third-order valence-electron chi connectivity index (χ3n) is 2.41. The Balaban J connectivity index is 2.82. The van der Waals surface area contributed by atoms with Crippen molar-refractivity contribution in [3.63, 3.8) is 0 Å². The smallest absolute Gasteiger partial charge is 0.241 e. The molecule has 2 N–H and O–H groups in total. The molecule has 0 heterocycles. The van der Waals surface area contributed by atoms with Gasteiger partial charge in [-0.15, -0.1) is 0 Å². The number of hydrogen-bond donors (Lipinski definition) is 2. The molecule has 1 amide bonds. The summed E-state index contributed by atoms with van der Waals surface area (Å²) in [6, 6.07) is 5.11. The number of likely N-dealkylation sites (N-methyl/N-ethyl adjacent to an activating group) is 1. The van der Waals surface area contributed by atoms with Gasteiger partial charge in [-0.3, -0.25) is 4.79 Å². The van der Waals surface area contributed by atoms with Crippen molar-refractivity contribution in [2.75, 3.05) is 26.6 Å². The summed E-state index contributed by atoms with van der Waals surface area (Å²) in [4.78, 5) is 11.4. The molecular weight excluding hydrogens is 220 g/mol. The van der Waals surface area contributed by atoms with Gasteiger partial charge in [0.2, 0.25) is 5.91 Å². The highest BCUT2D eigenvalue weighted by Gasteiger charge is 2.11. The SMILES string of the molecule is CNC(=O)C(C)Nc1ccc(OC)c(OC)c1. The lowest BCUT2D eigenvalue weighted by atomic mass is 10.2. The number of ether oxygens (including phenoxy) is 2. The van der Waals surface area contributed by atoms with E-state index in [4.69, 9.17) is 9.47 Å². The Labute approximate surface area is 101 Å². The van der Waals surface area contributed by atoms with Crippen molar-refractivity contribution < 1.29 is 14.3 Å². The van der Waals surface area contributed by atoms with E-state index in [2.05, 4.69) is 10.6 Å². The zero-order chi connectivity index (χ0) is 12.8. The number of anilines is 1. The Morgan fingerprint density at radius 2 is 1.88 bits per heavy atom. The number of hydrogen-bond acceptors (Lipinski definition) is 4. The van der Waals surface area contributed by atoms with Crippen molar-refractivity contribution in [2.24, 2.45) is 0 Å². The highest BCUT2D eigenvalue weighted by molar-refractivity contribution is 5.84. The van der Waals surface area contributed by atoms with E-state index in [1.807, 2.05) is 6.07 Å². The monoisotopic (exact) mass is 238 g/mol. The van der Waals surface area contributed by atoms with Crippen LogP contribution in [-0.2, 0) is 4.79 Å². The summed E-state index contributed by atoms with van der Waals surface area (Å²) in [6.07, 6.45) is 0. The first-order valence-electron chi connectivity index (χ1n) is 5.32. The van der Waals surface area contributed by atoms with Gasteiger partial charge >= 0.3 is 0 Å². The lowest BCUT2D eigenvalue weighted by Gasteiger charge is -2.15. The van der Waals surface area contributed by atoms with E-state index < -0.39 is 0 Å². The van der Waals surface area contributed by atoms with E-state index in [9.17, 15) is 4.79 Å². The van der Waals surface area contributed by atoms with Crippen LogP contribution in [0, 0.1) is 0 Å². The zero-order valence-electron chi connectivity index (χ0n) is 10.5. The second-order valence-electron chi connectivity index (χ2n) is 3.55. The Kier molecular flexibility index (Phi) is 4.63. The Bertz CT molecular complexity index is 393. The number of rotatable bonds is 5. The topological polar surface area (TPSA) is 59.6 Å². The third-order valence-corrected chi connectivity index (χ3v) is 2.41. The quantitative estimate of drug-likeness (QED) is 0.810. The third kappa shape index (κ3) is 3.27. The van der Waals surface area contributed by atoms with Crippen molar-refractivity contribution in [2.45, 2.75) is 13.0 Å². The van der Waals surface area contributed by atoms with E-state index in [0.717, 1.165) is 5.69 Å². The number of nitrogens with one attached hydrogen (secondary N) is 2. The molecule has 0 aromatic heterocycles. The van der Waals surface area contributed by atoms with Crippen molar-refractivity contribution in [3.05, 3.63) is 18.2 Å². The molecule has 0 radical (unpaired) electrons. The highest BCUT2D eigenvalue weighted by atomic mass is 16.5. The maximum Gasteiger partial charge on any atom is 0.241 e. The molecule has 94 valence electrons. The molecule has 5 nitrogen and oxygen atoms in total. The summed E-state index contributed by atoms with van der Waals surface area (Å²) >= 11 is 0. The van der Waals surface area contributed by atoms with Crippen LogP contribution in [0.3, 0.4) is 0 Å². The minimum Gasteiger partial charge on any atom is -0.493 e. The first kappa shape index (κ1) is 13.2. The van der Waals surface area contributed by atoms with Gasteiger partial charge in [-0.05, 0) is 19.1 Å². The van der Waals surface area contributed by atoms with Crippen LogP contribution >= 0.6 is 0 Å². The number of carbonyl (C=O) groups is 1. The Morgan fingerprint density at radius 3 is 2.41 bits per heavy atom. The minimum atomic E-state index is -0.307. The second kappa shape index (κ2) is 5.98. The van der Waals surface area contributed by atoms with Crippen LogP contribution in [0.5, 0.6) is 11.5 Å². The van der Waals surface area contributed by atoms with Crippen LogP contribution < -0.4 is 20.1 Å². The second-order valence-corrected chi connectivity index (χ2v) is 3.55. The summed E-state index contributed by atoms with van der Waals surface area (Å²) in [6.45, 7) is 1.79. The number of carbonyl (C=O) groups excluding carboxylic acids is 1. The standard InChI is InChI=1S/C12H18N2O3/c1-8(12(15)13-2)14-9-5-6-10(16-3)11(7-9)17-4/h5-8,14H,1-4H3,(H,13,15). The summed E-state index contributed by atoms with van der Waals surface area (Å²) in [5, 5.41) is 5.65. The van der Waals surface area contributed by atoms with Gasteiger partial charge in [-0.25, -0.2) is 0 Å². The molecule has 5 heteroatoms. The van der Waals surface area contributed by atoms with Crippen molar-refractivity contribution >= 4 is 11.6 Å². The van der Waals surface area contributed by atoms with Crippen molar-refractivity contribution in [1.29, 1.82) is 0 Å². The van der Waals surface area contributed by atoms with Gasteiger partial charge in [-0.1, -0.05) is 0 Å². The fourth-order valence-electron chi connectivity index (χ4n) is 1.46. The summed E-state index contributed by atoms with van der Waals surface area (Å²) in [5.74, 6) is 1.21. The van der Waals surface area contributed by atoms with Gasteiger partial charge in [0.1, 0.15) is 6.04 Å². The number of methoxy groups -OCH3 is 2. The molecular formula is C12H18N2O3. The normalized spacial score (nSPS) is 11.5. The molecule has 1 rings (SSSR count). The fraction of sp³-hybridized carbons (Fsp3) is 0.417. The molecule has 0 spiro atoms. The van der Waals surface area contributed by atoms with E-state index in [1.54, 1.807) is 40.3 Å². The average molecular weight is 238 g/mol. The van der Waals surface area contributed by atoms with Crippen LogP contribution in [0.25, 0.3) is 0 Å². The number of amides is 1. The first-order valence-corrected chi connectivity index (χ1v) is 5.32. The first-order chi connectivity index (χ1) is 8.12. The zero-order valence-corrected chi connectivity index (χ0v) is 10.5. The van der Waals surface area contributed by atoms with E-state index in [-0.39, 0.29) is 11.9 Å². The van der Waals surface area contributed by atoms with Crippen LogP contribution in [0.2, 0.25) is 0 Å². The summed E-state index contributed by atoms with van der Waals surface area (Å²) < 4.78 is 10.3. The molecule has 0 aliphatic rings. The minimum absolute atomic E-state index is 0.0696. The molecule has 0 saturated carbocycles. The van der Waals surface area contributed by atoms with Gasteiger partial charge < -0.3 is 20.1 Å². The average Bonchev–Trinajstić information content (AvgIpc) is 2.37. The molecule has 0 aliphatic carbocycles. The van der Waals surface area contributed by atoms with Gasteiger partial charge in [0.25, 0.3) is 0 Å². The largest absolute Gasteiger partial charge is 0.493 e. The van der Waals surface area contributed by atoms with Gasteiger partial charge in [-0.2, -0.15) is 0 Å². The molecule has 1 aromatic carbocycles. The molecule has 17 heavy (non-hydrogen) atoms. The summed E-state index contributed by atoms with van der Waals surface area (Å²) in [5.41, 5.74) is 0.804. The highest BCUT2D eigenvalue weighted by Crippen LogP contribution is 2.29. The van der Waals surface area contributed by atoms with Crippen LogP contribution in [-0.4, -0.2) is 33.2 Å². The van der Waals surface area contributed by atoms with Gasteiger partial charge in [0.15, 0.2) is 11.5 Å². The maximum absolute atomic E-state index is 11.4. The predicted molar refractivity (Wildman–Crippen MR) is 66.7 cm³/mol. The van der Waals surface area contributed by atoms with E-state index in [1.165, 1.54) is 0 Å². The van der Waals surface area contributed by atoms with Crippen LogP contribution in [0.15, 0.2) is 18.2 Å². The molecule has 0 saturated heterocycles. The molecule has 1 aromatic rings. The van der Waals surface area contributed by atoms with E-state index in [0.29, 0.717) is 11.5 Å². The van der Waals surface area contributed by atoms with Crippen molar-refractivity contribution in [1.82, 2.24) is 5.32 Å². The fourth-order valence-corrected chi connectivity index (χ4v) is 1.46. The molecule has 0 fully saturated rings. The number of benzene rings is 1. The van der Waals surface area contributed by atoms with Crippen LogP contribution in [0.4, 0.5) is 5.69 Å². The Morgan fingerprint density at radius 1 is 1.24 bits per heavy atom. The van der Waals surface area contributed by atoms with Gasteiger partial charge in [0, 0.05) is 18.8 Å². The predicted octanol–water partition coefficient (Wildman–Crippen LogP) is 1.25. The van der Waals surface area contributed by atoms with Gasteiger partial charge in [0.05, 0.1) is 14.2 Å². The lowest BCUT2D eigenvalue weighted by molar-refractivity contribution is -0.121. The summed E-state index contributed by atoms with van der Waals surface area (Å²) in [7, 11) is 4.76. The molecule has 0 aliphatic heterocycles. The molecule has 1 unspecified atom stereocenters. The van der Waals surface area contributed by atoms with Crippen molar-refractivity contribution in [3.8, 4) is 11.5 Å². The lowest BCUT2D eigenvalue weighted by Crippen LogP contribution is -2.35. The van der Waals surface area contributed by atoms with Crippen LogP contribution in [0.1, 0.15) is 6.92 Å².